The minimum absolute atomic E-state index is 0.784. The third kappa shape index (κ3) is 3.07. The zero-order valence-electron chi connectivity index (χ0n) is 10.3. The molecule has 0 spiro atoms. The fourth-order valence-corrected chi connectivity index (χ4v) is 1.41. The van der Waals surface area contributed by atoms with E-state index in [1.807, 2.05) is 48.5 Å². The summed E-state index contributed by atoms with van der Waals surface area (Å²) in [6, 6.07) is 14.8. The second kappa shape index (κ2) is 5.82. The van der Waals surface area contributed by atoms with Crippen molar-refractivity contribution in [1.29, 1.82) is 0 Å². The van der Waals surface area contributed by atoms with Crippen LogP contribution in [-0.2, 0) is 0 Å². The normalized spacial score (nSPS) is 10.6. The van der Waals surface area contributed by atoms with E-state index >= 15 is 0 Å². The summed E-state index contributed by atoms with van der Waals surface area (Å²) >= 11 is 0. The first-order valence-corrected chi connectivity index (χ1v) is 5.51. The van der Waals surface area contributed by atoms with E-state index in [2.05, 4.69) is 10.2 Å². The van der Waals surface area contributed by atoms with E-state index in [4.69, 9.17) is 9.47 Å². The van der Waals surface area contributed by atoms with E-state index < -0.39 is 0 Å². The predicted molar refractivity (Wildman–Crippen MR) is 70.2 cm³/mol. The molecule has 0 amide bonds. The molecule has 2 rings (SSSR count). The van der Waals surface area contributed by atoms with E-state index in [0.717, 1.165) is 22.9 Å². The topological polar surface area (TPSA) is 43.2 Å². The third-order valence-corrected chi connectivity index (χ3v) is 2.43. The summed E-state index contributed by atoms with van der Waals surface area (Å²) in [6.45, 7) is 0. The molecule has 0 atom stereocenters. The van der Waals surface area contributed by atoms with E-state index in [-0.39, 0.29) is 0 Å². The van der Waals surface area contributed by atoms with Crippen LogP contribution in [0.4, 0.5) is 11.4 Å². The van der Waals surface area contributed by atoms with Crippen molar-refractivity contribution in [2.75, 3.05) is 14.2 Å². The highest BCUT2D eigenvalue weighted by molar-refractivity contribution is 5.44. The minimum Gasteiger partial charge on any atom is -0.497 e. The molecule has 0 radical (unpaired) electrons. The highest BCUT2D eigenvalue weighted by Gasteiger charge is 1.94. The Morgan fingerprint density at radius 1 is 0.611 bits per heavy atom. The van der Waals surface area contributed by atoms with Crippen molar-refractivity contribution in [2.24, 2.45) is 10.2 Å². The lowest BCUT2D eigenvalue weighted by atomic mass is 10.3. The number of ether oxygens (including phenoxy) is 2. The summed E-state index contributed by atoms with van der Waals surface area (Å²) in [5, 5.41) is 8.27. The van der Waals surface area contributed by atoms with Crippen molar-refractivity contribution < 1.29 is 9.47 Å². The maximum atomic E-state index is 5.07. The van der Waals surface area contributed by atoms with Gasteiger partial charge < -0.3 is 9.47 Å². The Bertz CT molecular complexity index is 469. The molecular weight excluding hydrogens is 228 g/mol. The first-order valence-electron chi connectivity index (χ1n) is 5.51. The van der Waals surface area contributed by atoms with Crippen molar-refractivity contribution in [3.05, 3.63) is 48.5 Å². The molecule has 0 aliphatic rings. The molecule has 0 N–H and O–H groups in total. The van der Waals surface area contributed by atoms with Gasteiger partial charge in [0.05, 0.1) is 25.6 Å². The highest BCUT2D eigenvalue weighted by Crippen LogP contribution is 2.22. The number of rotatable bonds is 4. The molecule has 18 heavy (non-hydrogen) atoms. The average molecular weight is 242 g/mol. The SMILES string of the molecule is COc1ccc(/N=N/c2ccc(OC)cc2)cc1. The summed E-state index contributed by atoms with van der Waals surface area (Å²) in [5.74, 6) is 1.61. The summed E-state index contributed by atoms with van der Waals surface area (Å²) in [4.78, 5) is 0. The Hall–Kier alpha value is -2.36. The number of benzene rings is 2. The van der Waals surface area contributed by atoms with Gasteiger partial charge in [0.15, 0.2) is 0 Å². The van der Waals surface area contributed by atoms with Crippen LogP contribution in [-0.4, -0.2) is 14.2 Å². The molecule has 0 unspecified atom stereocenters. The van der Waals surface area contributed by atoms with Crippen LogP contribution in [0.5, 0.6) is 11.5 Å². The fourth-order valence-electron chi connectivity index (χ4n) is 1.41. The summed E-state index contributed by atoms with van der Waals surface area (Å²) in [7, 11) is 3.27. The Balaban J connectivity index is 2.08. The van der Waals surface area contributed by atoms with E-state index in [1.165, 1.54) is 0 Å². The summed E-state index contributed by atoms with van der Waals surface area (Å²) < 4.78 is 10.1. The number of methoxy groups -OCH3 is 2. The van der Waals surface area contributed by atoms with Crippen LogP contribution >= 0.6 is 0 Å². The number of azo groups is 1. The van der Waals surface area contributed by atoms with Crippen molar-refractivity contribution in [3.8, 4) is 11.5 Å². The minimum atomic E-state index is 0.784. The van der Waals surface area contributed by atoms with Gasteiger partial charge in [-0.1, -0.05) is 0 Å². The van der Waals surface area contributed by atoms with Gasteiger partial charge in [0.2, 0.25) is 0 Å². The van der Waals surface area contributed by atoms with E-state index in [1.54, 1.807) is 14.2 Å². The molecule has 0 aliphatic carbocycles. The number of hydrogen-bond donors (Lipinski definition) is 0. The van der Waals surface area contributed by atoms with Crippen LogP contribution < -0.4 is 9.47 Å². The van der Waals surface area contributed by atoms with Crippen molar-refractivity contribution >= 4 is 11.4 Å². The first-order chi connectivity index (χ1) is 8.81. The van der Waals surface area contributed by atoms with Gasteiger partial charge >= 0.3 is 0 Å². The summed E-state index contributed by atoms with van der Waals surface area (Å²) in [6.07, 6.45) is 0. The van der Waals surface area contributed by atoms with Crippen molar-refractivity contribution in [3.63, 3.8) is 0 Å². The van der Waals surface area contributed by atoms with Crippen molar-refractivity contribution in [2.45, 2.75) is 0 Å². The Labute approximate surface area is 106 Å². The molecule has 2 aromatic carbocycles. The summed E-state index contributed by atoms with van der Waals surface area (Å²) in [5.41, 5.74) is 1.57. The van der Waals surface area contributed by atoms with Crippen LogP contribution in [0.25, 0.3) is 0 Å². The predicted octanol–water partition coefficient (Wildman–Crippen LogP) is 4.12. The molecule has 4 nitrogen and oxygen atoms in total. The smallest absolute Gasteiger partial charge is 0.119 e. The van der Waals surface area contributed by atoms with E-state index in [0.29, 0.717) is 0 Å². The van der Waals surface area contributed by atoms with Crippen LogP contribution in [0.1, 0.15) is 0 Å². The lowest BCUT2D eigenvalue weighted by Crippen LogP contribution is -1.80. The van der Waals surface area contributed by atoms with Gasteiger partial charge in [-0.05, 0) is 48.5 Å². The molecule has 0 saturated carbocycles. The lowest BCUT2D eigenvalue weighted by molar-refractivity contribution is 0.414. The molecule has 0 aromatic heterocycles. The van der Waals surface area contributed by atoms with Gasteiger partial charge in [-0.15, -0.1) is 0 Å². The quantitative estimate of drug-likeness (QED) is 0.757. The first kappa shape index (κ1) is 12.1. The molecule has 0 bridgehead atoms. The second-order valence-corrected chi connectivity index (χ2v) is 3.60. The third-order valence-electron chi connectivity index (χ3n) is 2.43. The zero-order chi connectivity index (χ0) is 12.8. The monoisotopic (exact) mass is 242 g/mol. The van der Waals surface area contributed by atoms with Crippen LogP contribution in [0.15, 0.2) is 58.8 Å². The van der Waals surface area contributed by atoms with Gasteiger partial charge in [-0.2, -0.15) is 10.2 Å². The van der Waals surface area contributed by atoms with Crippen LogP contribution in [0, 0.1) is 0 Å². The molecule has 92 valence electrons. The lowest BCUT2D eigenvalue weighted by Gasteiger charge is -1.99. The Kier molecular flexibility index (Phi) is 3.91. The molecular formula is C14H14N2O2. The van der Waals surface area contributed by atoms with E-state index in [9.17, 15) is 0 Å². The Morgan fingerprint density at radius 2 is 0.944 bits per heavy atom. The molecule has 0 fully saturated rings. The van der Waals surface area contributed by atoms with Gasteiger partial charge in [0.1, 0.15) is 11.5 Å². The highest BCUT2D eigenvalue weighted by atomic mass is 16.5. The standard InChI is InChI=1S/C14H14N2O2/c1-17-13-7-3-11(4-8-13)15-16-12-5-9-14(18-2)10-6-12/h3-10H,1-2H3/b16-15+. The average Bonchev–Trinajstić information content (AvgIpc) is 2.46. The van der Waals surface area contributed by atoms with Crippen molar-refractivity contribution in [1.82, 2.24) is 0 Å². The second-order valence-electron chi connectivity index (χ2n) is 3.60. The zero-order valence-corrected chi connectivity index (χ0v) is 10.3. The van der Waals surface area contributed by atoms with Gasteiger partial charge in [0.25, 0.3) is 0 Å². The van der Waals surface area contributed by atoms with Crippen LogP contribution in [0.3, 0.4) is 0 Å². The Morgan fingerprint density at radius 3 is 1.22 bits per heavy atom. The number of hydrogen-bond acceptors (Lipinski definition) is 4. The van der Waals surface area contributed by atoms with Gasteiger partial charge in [0, 0.05) is 0 Å². The van der Waals surface area contributed by atoms with Gasteiger partial charge in [-0.25, -0.2) is 0 Å². The molecule has 0 heterocycles. The largest absolute Gasteiger partial charge is 0.497 e. The molecule has 4 heteroatoms. The maximum absolute atomic E-state index is 5.07. The van der Waals surface area contributed by atoms with Gasteiger partial charge in [-0.3, -0.25) is 0 Å². The molecule has 0 saturated heterocycles. The molecule has 0 aliphatic heterocycles. The fraction of sp³-hybridized carbons (Fsp3) is 0.143. The van der Waals surface area contributed by atoms with Crippen LogP contribution in [0.2, 0.25) is 0 Å². The number of nitrogens with zero attached hydrogens (tertiary/aromatic N) is 2. The maximum Gasteiger partial charge on any atom is 0.119 e. The molecule has 2 aromatic rings.